The average Bonchev–Trinajstić information content (AvgIpc) is 2.44. The molecule has 0 spiro atoms. The van der Waals surface area contributed by atoms with E-state index < -0.39 is 11.9 Å². The number of methoxy groups -OCH3 is 1. The molecule has 0 aliphatic rings. The minimum absolute atomic E-state index is 0.0989. The van der Waals surface area contributed by atoms with Crippen LogP contribution in [0.4, 0.5) is 5.69 Å². The van der Waals surface area contributed by atoms with E-state index in [1.54, 1.807) is 25.3 Å². The standard InChI is InChI=1S/C16H25NO3/c1-4-6-7-11(5-2)15(16(18)19)13-10-12(20-3)8-9-14(13)17/h8-11,15H,4-7,17H2,1-3H3,(H,18,19). The summed E-state index contributed by atoms with van der Waals surface area (Å²) in [7, 11) is 1.57. The van der Waals surface area contributed by atoms with Crippen LogP contribution in [0.2, 0.25) is 0 Å². The summed E-state index contributed by atoms with van der Waals surface area (Å²) in [4.78, 5) is 11.7. The summed E-state index contributed by atoms with van der Waals surface area (Å²) in [5.74, 6) is -0.637. The number of unbranched alkanes of at least 4 members (excludes halogenated alkanes) is 1. The van der Waals surface area contributed by atoms with Crippen LogP contribution in [-0.2, 0) is 4.79 Å². The maximum Gasteiger partial charge on any atom is 0.311 e. The van der Waals surface area contributed by atoms with Crippen LogP contribution >= 0.6 is 0 Å². The highest BCUT2D eigenvalue weighted by Gasteiger charge is 2.30. The Bertz CT molecular complexity index is 445. The molecule has 3 N–H and O–H groups in total. The predicted molar refractivity (Wildman–Crippen MR) is 81.1 cm³/mol. The van der Waals surface area contributed by atoms with E-state index in [9.17, 15) is 9.90 Å². The Morgan fingerprint density at radius 3 is 2.60 bits per heavy atom. The molecule has 0 aliphatic heterocycles. The van der Waals surface area contributed by atoms with Crippen molar-refractivity contribution in [2.24, 2.45) is 5.92 Å². The molecule has 0 saturated carbocycles. The number of ether oxygens (including phenoxy) is 1. The van der Waals surface area contributed by atoms with Crippen molar-refractivity contribution in [3.8, 4) is 5.75 Å². The Morgan fingerprint density at radius 1 is 1.40 bits per heavy atom. The fourth-order valence-electron chi connectivity index (χ4n) is 2.61. The number of aliphatic carboxylic acids is 1. The van der Waals surface area contributed by atoms with Crippen molar-refractivity contribution >= 4 is 11.7 Å². The zero-order chi connectivity index (χ0) is 15.1. The Labute approximate surface area is 120 Å². The molecule has 1 aromatic rings. The van der Waals surface area contributed by atoms with Gasteiger partial charge in [0.15, 0.2) is 0 Å². The molecule has 20 heavy (non-hydrogen) atoms. The van der Waals surface area contributed by atoms with Crippen molar-refractivity contribution in [1.82, 2.24) is 0 Å². The number of hydrogen-bond acceptors (Lipinski definition) is 3. The lowest BCUT2D eigenvalue weighted by atomic mass is 9.80. The molecule has 0 radical (unpaired) electrons. The van der Waals surface area contributed by atoms with Gasteiger partial charge in [-0.05, 0) is 36.1 Å². The SMILES string of the molecule is CCCCC(CC)C(C(=O)O)c1cc(OC)ccc1N. The third-order valence-electron chi connectivity index (χ3n) is 3.82. The van der Waals surface area contributed by atoms with Gasteiger partial charge in [-0.3, -0.25) is 4.79 Å². The topological polar surface area (TPSA) is 72.5 Å². The Morgan fingerprint density at radius 2 is 2.10 bits per heavy atom. The van der Waals surface area contributed by atoms with Gasteiger partial charge < -0.3 is 15.6 Å². The van der Waals surface area contributed by atoms with Crippen molar-refractivity contribution in [1.29, 1.82) is 0 Å². The first kappa shape index (κ1) is 16.3. The third kappa shape index (κ3) is 3.89. The summed E-state index contributed by atoms with van der Waals surface area (Å²) in [6.45, 7) is 4.15. The number of carboxylic acids is 1. The first-order valence-electron chi connectivity index (χ1n) is 7.21. The van der Waals surface area contributed by atoms with Crippen LogP contribution in [0.1, 0.15) is 51.0 Å². The second kappa shape index (κ2) is 7.78. The summed E-state index contributed by atoms with van der Waals surface area (Å²) in [5, 5.41) is 9.62. The van der Waals surface area contributed by atoms with Gasteiger partial charge in [-0.25, -0.2) is 0 Å². The molecule has 0 heterocycles. The van der Waals surface area contributed by atoms with Gasteiger partial charge in [0, 0.05) is 5.69 Å². The normalized spacial score (nSPS) is 13.8. The molecule has 1 aromatic carbocycles. The van der Waals surface area contributed by atoms with Crippen LogP contribution in [0, 0.1) is 5.92 Å². The summed E-state index contributed by atoms with van der Waals surface area (Å²) >= 11 is 0. The number of anilines is 1. The fourth-order valence-corrected chi connectivity index (χ4v) is 2.61. The summed E-state index contributed by atoms with van der Waals surface area (Å²) in [6.07, 6.45) is 3.83. The number of rotatable bonds is 8. The first-order chi connectivity index (χ1) is 9.54. The van der Waals surface area contributed by atoms with E-state index in [-0.39, 0.29) is 5.92 Å². The molecule has 0 aromatic heterocycles. The zero-order valence-corrected chi connectivity index (χ0v) is 12.6. The Kier molecular flexibility index (Phi) is 6.36. The highest BCUT2D eigenvalue weighted by molar-refractivity contribution is 5.79. The van der Waals surface area contributed by atoms with E-state index in [4.69, 9.17) is 10.5 Å². The number of carboxylic acid groups (broad SMARTS) is 1. The second-order valence-corrected chi connectivity index (χ2v) is 5.12. The molecule has 2 atom stereocenters. The number of benzene rings is 1. The maximum atomic E-state index is 11.7. The van der Waals surface area contributed by atoms with Crippen LogP contribution in [-0.4, -0.2) is 18.2 Å². The molecule has 0 fully saturated rings. The van der Waals surface area contributed by atoms with Crippen LogP contribution in [0.25, 0.3) is 0 Å². The van der Waals surface area contributed by atoms with Crippen molar-refractivity contribution in [2.75, 3.05) is 12.8 Å². The highest BCUT2D eigenvalue weighted by Crippen LogP contribution is 2.36. The summed E-state index contributed by atoms with van der Waals surface area (Å²) in [6, 6.07) is 5.23. The quantitative estimate of drug-likeness (QED) is 0.712. The van der Waals surface area contributed by atoms with E-state index in [1.807, 2.05) is 6.92 Å². The van der Waals surface area contributed by atoms with E-state index in [2.05, 4.69) is 6.92 Å². The molecule has 0 aliphatic carbocycles. The second-order valence-electron chi connectivity index (χ2n) is 5.12. The van der Waals surface area contributed by atoms with E-state index in [1.165, 1.54) is 0 Å². The largest absolute Gasteiger partial charge is 0.497 e. The van der Waals surface area contributed by atoms with Crippen LogP contribution < -0.4 is 10.5 Å². The predicted octanol–water partition coefficient (Wildman–Crippen LogP) is 3.66. The summed E-state index contributed by atoms with van der Waals surface area (Å²) < 4.78 is 5.19. The van der Waals surface area contributed by atoms with Crippen molar-refractivity contribution in [2.45, 2.75) is 45.4 Å². The minimum Gasteiger partial charge on any atom is -0.497 e. The molecule has 4 nitrogen and oxygen atoms in total. The fraction of sp³-hybridized carbons (Fsp3) is 0.562. The zero-order valence-electron chi connectivity index (χ0n) is 12.6. The third-order valence-corrected chi connectivity index (χ3v) is 3.82. The van der Waals surface area contributed by atoms with Gasteiger partial charge in [0.1, 0.15) is 5.75 Å². The maximum absolute atomic E-state index is 11.7. The van der Waals surface area contributed by atoms with Gasteiger partial charge >= 0.3 is 5.97 Å². The minimum atomic E-state index is -0.812. The van der Waals surface area contributed by atoms with Crippen LogP contribution in [0.3, 0.4) is 0 Å². The molecule has 0 bridgehead atoms. The molecule has 4 heteroatoms. The molecular formula is C16H25NO3. The van der Waals surface area contributed by atoms with Gasteiger partial charge in [0.25, 0.3) is 0 Å². The molecule has 1 rings (SSSR count). The molecule has 112 valence electrons. The van der Waals surface area contributed by atoms with Crippen LogP contribution in [0.5, 0.6) is 5.75 Å². The van der Waals surface area contributed by atoms with Gasteiger partial charge in [0.2, 0.25) is 0 Å². The van der Waals surface area contributed by atoms with Crippen molar-refractivity contribution < 1.29 is 14.6 Å². The number of hydrogen-bond donors (Lipinski definition) is 2. The lowest BCUT2D eigenvalue weighted by molar-refractivity contribution is -0.140. The van der Waals surface area contributed by atoms with E-state index in [0.717, 1.165) is 25.7 Å². The van der Waals surface area contributed by atoms with Gasteiger partial charge in [-0.2, -0.15) is 0 Å². The smallest absolute Gasteiger partial charge is 0.311 e. The Hall–Kier alpha value is -1.71. The molecule has 0 saturated heterocycles. The van der Waals surface area contributed by atoms with E-state index >= 15 is 0 Å². The first-order valence-corrected chi connectivity index (χ1v) is 7.21. The Balaban J connectivity index is 3.15. The highest BCUT2D eigenvalue weighted by atomic mass is 16.5. The lowest BCUT2D eigenvalue weighted by Gasteiger charge is -2.24. The number of carbonyl (C=O) groups is 1. The summed E-state index contributed by atoms with van der Waals surface area (Å²) in [5.41, 5.74) is 7.17. The molecule has 0 amide bonds. The van der Waals surface area contributed by atoms with Gasteiger partial charge in [-0.1, -0.05) is 33.1 Å². The van der Waals surface area contributed by atoms with Crippen molar-refractivity contribution in [3.63, 3.8) is 0 Å². The van der Waals surface area contributed by atoms with Gasteiger partial charge in [-0.15, -0.1) is 0 Å². The molecular weight excluding hydrogens is 254 g/mol. The van der Waals surface area contributed by atoms with Crippen LogP contribution in [0.15, 0.2) is 18.2 Å². The average molecular weight is 279 g/mol. The van der Waals surface area contributed by atoms with Gasteiger partial charge in [0.05, 0.1) is 13.0 Å². The van der Waals surface area contributed by atoms with E-state index in [0.29, 0.717) is 17.0 Å². The van der Waals surface area contributed by atoms with Crippen molar-refractivity contribution in [3.05, 3.63) is 23.8 Å². The lowest BCUT2D eigenvalue weighted by Crippen LogP contribution is -2.22. The number of nitrogens with two attached hydrogens (primary N) is 1. The number of nitrogen functional groups attached to an aromatic ring is 1. The molecule has 2 unspecified atom stereocenters. The monoisotopic (exact) mass is 279 g/mol.